The Morgan fingerprint density at radius 2 is 1.96 bits per heavy atom. The Kier molecular flexibility index (Phi) is 3.13. The first-order chi connectivity index (χ1) is 11.0. The van der Waals surface area contributed by atoms with Gasteiger partial charge in [-0.25, -0.2) is 0 Å². The maximum absolute atomic E-state index is 6.48. The van der Waals surface area contributed by atoms with Gasteiger partial charge in [0.2, 0.25) is 0 Å². The smallest absolute Gasteiger partial charge is 0.190 e. The van der Waals surface area contributed by atoms with E-state index in [-0.39, 0.29) is 12.0 Å². The van der Waals surface area contributed by atoms with E-state index in [4.69, 9.17) is 17.0 Å². The number of rotatable bonds is 1. The highest BCUT2D eigenvalue weighted by molar-refractivity contribution is 7.80. The normalized spacial score (nSPS) is 28.7. The highest BCUT2D eigenvalue weighted by Crippen LogP contribution is 2.48. The van der Waals surface area contributed by atoms with E-state index < -0.39 is 5.72 Å². The fourth-order valence-corrected chi connectivity index (χ4v) is 4.13. The fraction of sp³-hybridized carbons (Fsp3) is 0.316. The Bertz CT molecular complexity index is 790. The summed E-state index contributed by atoms with van der Waals surface area (Å²) < 4.78 is 6.48. The molecule has 0 spiro atoms. The molecule has 118 valence electrons. The molecule has 2 aliphatic rings. The van der Waals surface area contributed by atoms with Crippen molar-refractivity contribution in [1.29, 1.82) is 0 Å². The molecule has 0 unspecified atom stereocenters. The molecule has 2 aromatic carbocycles. The Morgan fingerprint density at radius 1 is 1.17 bits per heavy atom. The first-order valence-electron chi connectivity index (χ1n) is 7.96. The van der Waals surface area contributed by atoms with Crippen molar-refractivity contribution in [3.63, 3.8) is 0 Å². The van der Waals surface area contributed by atoms with Crippen molar-refractivity contribution in [2.45, 2.75) is 32.5 Å². The summed E-state index contributed by atoms with van der Waals surface area (Å²) in [6.07, 6.45) is 0. The van der Waals surface area contributed by atoms with Crippen LogP contribution >= 0.6 is 12.2 Å². The summed E-state index contributed by atoms with van der Waals surface area (Å²) in [6, 6.07) is 16.8. The number of nitrogens with zero attached hydrogens (tertiary/aromatic N) is 1. The van der Waals surface area contributed by atoms with Gasteiger partial charge in [0.25, 0.3) is 0 Å². The standard InChI is InChI=1S/C19H20N2OS/c1-12-7-6-8-14(11-12)21-18(23)20-17-13(2)19(21,3)22-16-10-5-4-9-15(16)17/h4-11,13,17H,1-3H3,(H,20,23)/t13-,17+,19-/m0/s1. The zero-order valence-electron chi connectivity index (χ0n) is 13.5. The quantitative estimate of drug-likeness (QED) is 0.796. The first kappa shape index (κ1) is 14.5. The fourth-order valence-electron chi connectivity index (χ4n) is 3.72. The zero-order chi connectivity index (χ0) is 16.2. The van der Waals surface area contributed by atoms with E-state index in [0.717, 1.165) is 16.5 Å². The number of anilines is 1. The van der Waals surface area contributed by atoms with Crippen LogP contribution in [0.3, 0.4) is 0 Å². The molecule has 4 rings (SSSR count). The molecule has 0 amide bonds. The molecule has 23 heavy (non-hydrogen) atoms. The van der Waals surface area contributed by atoms with Gasteiger partial charge in [0.1, 0.15) is 5.75 Å². The van der Waals surface area contributed by atoms with Crippen molar-refractivity contribution in [1.82, 2.24) is 5.32 Å². The van der Waals surface area contributed by atoms with Crippen molar-refractivity contribution in [2.24, 2.45) is 5.92 Å². The van der Waals surface area contributed by atoms with E-state index in [9.17, 15) is 0 Å². The first-order valence-corrected chi connectivity index (χ1v) is 8.37. The van der Waals surface area contributed by atoms with Crippen LogP contribution in [-0.2, 0) is 0 Å². The van der Waals surface area contributed by atoms with Crippen LogP contribution < -0.4 is 15.0 Å². The molecule has 4 heteroatoms. The van der Waals surface area contributed by atoms with Gasteiger partial charge in [0.15, 0.2) is 10.8 Å². The Labute approximate surface area is 142 Å². The largest absolute Gasteiger partial charge is 0.467 e. The van der Waals surface area contributed by atoms with Crippen molar-refractivity contribution in [3.05, 3.63) is 59.7 Å². The average Bonchev–Trinajstić information content (AvgIpc) is 2.50. The van der Waals surface area contributed by atoms with Crippen LogP contribution in [0.4, 0.5) is 5.69 Å². The molecular formula is C19H20N2OS. The topological polar surface area (TPSA) is 24.5 Å². The maximum Gasteiger partial charge on any atom is 0.190 e. The number of fused-ring (bicyclic) bond motifs is 4. The predicted octanol–water partition coefficient (Wildman–Crippen LogP) is 4.18. The van der Waals surface area contributed by atoms with Crippen molar-refractivity contribution < 1.29 is 4.74 Å². The van der Waals surface area contributed by atoms with Gasteiger partial charge < -0.3 is 10.1 Å². The van der Waals surface area contributed by atoms with Gasteiger partial charge in [-0.05, 0) is 49.8 Å². The number of nitrogens with one attached hydrogen (secondary N) is 1. The molecular weight excluding hydrogens is 304 g/mol. The number of thiocarbonyl (C=S) groups is 1. The van der Waals surface area contributed by atoms with Crippen molar-refractivity contribution >= 4 is 23.0 Å². The summed E-state index contributed by atoms with van der Waals surface area (Å²) in [5.41, 5.74) is 2.95. The van der Waals surface area contributed by atoms with E-state index in [1.54, 1.807) is 0 Å². The molecule has 0 aromatic heterocycles. The molecule has 1 saturated heterocycles. The third-order valence-corrected chi connectivity index (χ3v) is 5.40. The van der Waals surface area contributed by atoms with Crippen LogP contribution in [0.25, 0.3) is 0 Å². The van der Waals surface area contributed by atoms with Gasteiger partial charge in [0, 0.05) is 17.2 Å². The lowest BCUT2D eigenvalue weighted by atomic mass is 9.80. The monoisotopic (exact) mass is 324 g/mol. The molecule has 1 fully saturated rings. The Hall–Kier alpha value is -2.07. The van der Waals surface area contributed by atoms with Gasteiger partial charge in [-0.15, -0.1) is 0 Å². The van der Waals surface area contributed by atoms with Gasteiger partial charge >= 0.3 is 0 Å². The molecule has 0 aliphatic carbocycles. The van der Waals surface area contributed by atoms with E-state index >= 15 is 0 Å². The number of hydrogen-bond donors (Lipinski definition) is 1. The van der Waals surface area contributed by atoms with Gasteiger partial charge in [-0.2, -0.15) is 0 Å². The molecule has 0 radical (unpaired) electrons. The minimum atomic E-state index is -0.505. The second-order valence-electron chi connectivity index (χ2n) is 6.58. The highest BCUT2D eigenvalue weighted by atomic mass is 32.1. The molecule has 2 heterocycles. The van der Waals surface area contributed by atoms with Gasteiger partial charge in [-0.3, -0.25) is 4.90 Å². The molecule has 2 aliphatic heterocycles. The van der Waals surface area contributed by atoms with E-state index in [0.29, 0.717) is 0 Å². The number of para-hydroxylation sites is 1. The van der Waals surface area contributed by atoms with Crippen LogP contribution in [-0.4, -0.2) is 10.8 Å². The minimum absolute atomic E-state index is 0.179. The van der Waals surface area contributed by atoms with Crippen LogP contribution in [0.5, 0.6) is 5.75 Å². The molecule has 0 saturated carbocycles. The number of hydrogen-bond acceptors (Lipinski definition) is 2. The summed E-state index contributed by atoms with van der Waals surface area (Å²) >= 11 is 5.70. The molecule has 3 nitrogen and oxygen atoms in total. The number of benzene rings is 2. The Morgan fingerprint density at radius 3 is 2.74 bits per heavy atom. The van der Waals surface area contributed by atoms with Crippen LogP contribution in [0.1, 0.15) is 31.0 Å². The summed E-state index contributed by atoms with van der Waals surface area (Å²) in [7, 11) is 0. The van der Waals surface area contributed by atoms with Gasteiger partial charge in [-0.1, -0.05) is 37.3 Å². The van der Waals surface area contributed by atoms with Crippen LogP contribution in [0.15, 0.2) is 48.5 Å². The summed E-state index contributed by atoms with van der Waals surface area (Å²) in [6.45, 7) is 6.45. The summed E-state index contributed by atoms with van der Waals surface area (Å²) in [5, 5.41) is 4.24. The summed E-state index contributed by atoms with van der Waals surface area (Å²) in [4.78, 5) is 2.12. The van der Waals surface area contributed by atoms with E-state index in [1.807, 2.05) is 12.1 Å². The van der Waals surface area contributed by atoms with Crippen molar-refractivity contribution in [2.75, 3.05) is 4.90 Å². The number of aryl methyl sites for hydroxylation is 1. The number of ether oxygens (including phenoxy) is 1. The lowest BCUT2D eigenvalue weighted by Gasteiger charge is -2.56. The third kappa shape index (κ3) is 2.05. The minimum Gasteiger partial charge on any atom is -0.467 e. The highest BCUT2D eigenvalue weighted by Gasteiger charge is 2.53. The second-order valence-corrected chi connectivity index (χ2v) is 6.97. The SMILES string of the molecule is Cc1cccc(N2C(=S)N[C@H]3c4ccccc4O[C@@]2(C)[C@H]3C)c1. The Balaban J connectivity index is 1.87. The van der Waals surface area contributed by atoms with Crippen molar-refractivity contribution in [3.8, 4) is 5.75 Å². The predicted molar refractivity (Wildman–Crippen MR) is 96.8 cm³/mol. The van der Waals surface area contributed by atoms with Crippen LogP contribution in [0.2, 0.25) is 0 Å². The molecule has 3 atom stereocenters. The van der Waals surface area contributed by atoms with E-state index in [1.165, 1.54) is 11.1 Å². The molecule has 1 N–H and O–H groups in total. The van der Waals surface area contributed by atoms with E-state index in [2.05, 4.69) is 67.4 Å². The molecule has 2 bridgehead atoms. The summed E-state index contributed by atoms with van der Waals surface area (Å²) in [5.74, 6) is 1.19. The second kappa shape index (κ2) is 4.96. The maximum atomic E-state index is 6.48. The third-order valence-electron chi connectivity index (χ3n) is 5.10. The average molecular weight is 324 g/mol. The lowest BCUT2D eigenvalue weighted by Crippen LogP contribution is -2.69. The van der Waals surface area contributed by atoms with Crippen LogP contribution in [0, 0.1) is 12.8 Å². The molecule has 2 aromatic rings. The van der Waals surface area contributed by atoms with Gasteiger partial charge in [0.05, 0.1) is 6.04 Å². The lowest BCUT2D eigenvalue weighted by molar-refractivity contribution is -0.00316. The zero-order valence-corrected chi connectivity index (χ0v) is 14.4.